The number of H-pyrrole nitrogens is 1. The number of carbonyl (C=O) groups excluding carboxylic acids is 1. The third-order valence-electron chi connectivity index (χ3n) is 4.27. The fourth-order valence-electron chi connectivity index (χ4n) is 2.59. The van der Waals surface area contributed by atoms with E-state index in [1.54, 1.807) is 19.9 Å². The first-order valence-electron chi connectivity index (χ1n) is 7.21. The van der Waals surface area contributed by atoms with Gasteiger partial charge in [-0.05, 0) is 19.9 Å². The normalized spacial score (nSPS) is 26.6. The molecular formula is C15H13F2N3O4. The van der Waals surface area contributed by atoms with E-state index in [4.69, 9.17) is 4.74 Å². The topological polar surface area (TPSA) is 85.5 Å². The predicted molar refractivity (Wildman–Crippen MR) is 78.7 cm³/mol. The van der Waals surface area contributed by atoms with Crippen LogP contribution in [0.25, 0.3) is 11.0 Å². The average Bonchev–Trinajstić information content (AvgIpc) is 3.11. The Morgan fingerprint density at radius 1 is 1.33 bits per heavy atom. The third kappa shape index (κ3) is 2.15. The Hall–Kier alpha value is -2.84. The van der Waals surface area contributed by atoms with Gasteiger partial charge in [0.15, 0.2) is 11.5 Å². The number of carbonyl (C=O) groups is 1. The van der Waals surface area contributed by atoms with Crippen LogP contribution in [-0.2, 0) is 9.53 Å². The molecule has 2 atom stereocenters. The van der Waals surface area contributed by atoms with E-state index in [2.05, 4.69) is 24.8 Å². The van der Waals surface area contributed by atoms with Crippen molar-refractivity contribution < 1.29 is 27.8 Å². The van der Waals surface area contributed by atoms with Gasteiger partial charge in [0.2, 0.25) is 11.9 Å². The van der Waals surface area contributed by atoms with Crippen molar-refractivity contribution in [2.75, 3.05) is 5.32 Å². The van der Waals surface area contributed by atoms with E-state index >= 15 is 0 Å². The maximum atomic E-state index is 13.0. The van der Waals surface area contributed by atoms with Crippen LogP contribution in [0, 0.1) is 5.41 Å². The number of rotatable bonds is 2. The van der Waals surface area contributed by atoms with Crippen molar-refractivity contribution >= 4 is 22.9 Å². The molecule has 2 aromatic rings. The third-order valence-corrected chi connectivity index (χ3v) is 4.27. The summed E-state index contributed by atoms with van der Waals surface area (Å²) < 4.78 is 40.1. The Morgan fingerprint density at radius 3 is 2.71 bits per heavy atom. The van der Waals surface area contributed by atoms with Crippen molar-refractivity contribution in [3.8, 4) is 11.5 Å². The number of halogens is 2. The van der Waals surface area contributed by atoms with Gasteiger partial charge in [0.25, 0.3) is 0 Å². The average molecular weight is 337 g/mol. The monoisotopic (exact) mass is 337 g/mol. The number of ether oxygens (including phenoxy) is 3. The van der Waals surface area contributed by atoms with E-state index in [-0.39, 0.29) is 29.5 Å². The lowest BCUT2D eigenvalue weighted by molar-refractivity contribution is -0.286. The summed E-state index contributed by atoms with van der Waals surface area (Å²) in [7, 11) is 0. The molecule has 7 nitrogen and oxygen atoms in total. The van der Waals surface area contributed by atoms with Gasteiger partial charge in [-0.3, -0.25) is 10.1 Å². The molecule has 2 aliphatic rings. The van der Waals surface area contributed by atoms with Gasteiger partial charge in [-0.2, -0.15) is 0 Å². The zero-order valence-corrected chi connectivity index (χ0v) is 12.7. The molecule has 0 saturated carbocycles. The molecular weight excluding hydrogens is 324 g/mol. The maximum Gasteiger partial charge on any atom is 0.586 e. The molecule has 1 aromatic carbocycles. The number of nitrogens with one attached hydrogen (secondary N) is 2. The summed E-state index contributed by atoms with van der Waals surface area (Å²) in [5.41, 5.74) is -0.0295. The minimum absolute atomic E-state index is 0.0956. The van der Waals surface area contributed by atoms with E-state index in [0.717, 1.165) is 0 Å². The molecule has 0 spiro atoms. The van der Waals surface area contributed by atoms with Crippen molar-refractivity contribution in [3.63, 3.8) is 0 Å². The van der Waals surface area contributed by atoms with E-state index < -0.39 is 11.7 Å². The smallest absolute Gasteiger partial charge is 0.497 e. The minimum atomic E-state index is -3.68. The second-order valence-corrected chi connectivity index (χ2v) is 5.89. The van der Waals surface area contributed by atoms with Crippen molar-refractivity contribution in [2.24, 2.45) is 5.41 Å². The fourth-order valence-corrected chi connectivity index (χ4v) is 2.59. The Labute approximate surface area is 134 Å². The van der Waals surface area contributed by atoms with Gasteiger partial charge >= 0.3 is 6.29 Å². The van der Waals surface area contributed by atoms with E-state index in [1.165, 1.54) is 18.4 Å². The van der Waals surface area contributed by atoms with E-state index in [1.807, 2.05) is 0 Å². The first kappa shape index (κ1) is 14.7. The molecule has 0 fully saturated rings. The van der Waals surface area contributed by atoms with Gasteiger partial charge in [0.1, 0.15) is 11.5 Å². The Kier molecular flexibility index (Phi) is 2.82. The summed E-state index contributed by atoms with van der Waals surface area (Å²) in [6.07, 6.45) is -0.830. The molecule has 1 aromatic heterocycles. The van der Waals surface area contributed by atoms with Crippen LogP contribution in [0.2, 0.25) is 0 Å². The van der Waals surface area contributed by atoms with E-state index in [9.17, 15) is 13.6 Å². The molecule has 126 valence electrons. The molecule has 2 N–H and O–H groups in total. The number of anilines is 1. The van der Waals surface area contributed by atoms with Gasteiger partial charge < -0.3 is 19.2 Å². The highest BCUT2D eigenvalue weighted by atomic mass is 19.3. The van der Waals surface area contributed by atoms with Crippen LogP contribution < -0.4 is 14.8 Å². The highest BCUT2D eigenvalue weighted by Crippen LogP contribution is 2.43. The van der Waals surface area contributed by atoms with Gasteiger partial charge in [0, 0.05) is 12.1 Å². The van der Waals surface area contributed by atoms with Crippen molar-refractivity contribution in [3.05, 3.63) is 24.5 Å². The number of aromatic amines is 1. The summed E-state index contributed by atoms with van der Waals surface area (Å²) >= 11 is 0. The van der Waals surface area contributed by atoms with Gasteiger partial charge in [-0.15, -0.1) is 8.78 Å². The summed E-state index contributed by atoms with van der Waals surface area (Å²) in [5.74, 6) is -0.306. The van der Waals surface area contributed by atoms with Crippen LogP contribution in [0.15, 0.2) is 24.5 Å². The molecule has 4 rings (SSSR count). The molecule has 0 radical (unpaired) electrons. The highest BCUT2D eigenvalue weighted by Gasteiger charge is 2.44. The molecule has 24 heavy (non-hydrogen) atoms. The van der Waals surface area contributed by atoms with Crippen LogP contribution in [0.3, 0.4) is 0 Å². The maximum absolute atomic E-state index is 13.0. The molecule has 2 aliphatic heterocycles. The number of amides is 1. The van der Waals surface area contributed by atoms with Crippen LogP contribution in [-0.4, -0.2) is 28.3 Å². The Bertz CT molecular complexity index is 834. The zero-order valence-electron chi connectivity index (χ0n) is 12.7. The van der Waals surface area contributed by atoms with Gasteiger partial charge in [-0.1, -0.05) is 0 Å². The number of alkyl halides is 2. The first-order valence-corrected chi connectivity index (χ1v) is 7.21. The lowest BCUT2D eigenvalue weighted by Gasteiger charge is -2.24. The highest BCUT2D eigenvalue weighted by molar-refractivity contribution is 5.97. The number of hydrogen-bond acceptors (Lipinski definition) is 5. The predicted octanol–water partition coefficient (Wildman–Crippen LogP) is 2.76. The van der Waals surface area contributed by atoms with Gasteiger partial charge in [-0.25, -0.2) is 4.98 Å². The lowest BCUT2D eigenvalue weighted by Crippen LogP contribution is -2.38. The van der Waals surface area contributed by atoms with Crippen LogP contribution in [0.5, 0.6) is 11.5 Å². The van der Waals surface area contributed by atoms with Crippen molar-refractivity contribution in [1.29, 1.82) is 0 Å². The second-order valence-electron chi connectivity index (χ2n) is 5.89. The Morgan fingerprint density at radius 2 is 2.04 bits per heavy atom. The van der Waals surface area contributed by atoms with Gasteiger partial charge in [0.05, 0.1) is 17.3 Å². The second kappa shape index (κ2) is 4.59. The minimum Gasteiger partial charge on any atom is -0.497 e. The summed E-state index contributed by atoms with van der Waals surface area (Å²) in [6, 6.07) is 2.66. The number of hydrogen-bond donors (Lipinski definition) is 2. The number of benzene rings is 1. The zero-order chi connectivity index (χ0) is 17.1. The first-order chi connectivity index (χ1) is 11.3. The largest absolute Gasteiger partial charge is 0.586 e. The van der Waals surface area contributed by atoms with E-state index in [0.29, 0.717) is 11.0 Å². The summed E-state index contributed by atoms with van der Waals surface area (Å²) in [5, 5.41) is 2.67. The number of imidazole rings is 1. The molecule has 0 saturated heterocycles. The van der Waals surface area contributed by atoms with Crippen molar-refractivity contribution in [1.82, 2.24) is 9.97 Å². The molecule has 0 bridgehead atoms. The molecule has 9 heteroatoms. The Balaban J connectivity index is 1.61. The number of fused-ring (bicyclic) bond motifs is 2. The number of aromatic nitrogens is 2. The fraction of sp³-hybridized carbons (Fsp3) is 0.333. The molecule has 1 amide bonds. The van der Waals surface area contributed by atoms with Crippen molar-refractivity contribution in [2.45, 2.75) is 26.2 Å². The summed E-state index contributed by atoms with van der Waals surface area (Å²) in [6.45, 7) is 3.54. The summed E-state index contributed by atoms with van der Waals surface area (Å²) in [4.78, 5) is 19.5. The standard InChI is InChI=1S/C15H13F2N3O4/c1-7-14(2,3-4-22-7)12(21)20-13-18-8-5-10-11(6-9(8)19-13)24-15(16,17)23-10/h3-7H,1-2H3,(H2,18,19,20,21). The molecule has 0 aliphatic carbocycles. The molecule has 3 heterocycles. The van der Waals surface area contributed by atoms with Crippen LogP contribution in [0.1, 0.15) is 13.8 Å². The SMILES string of the molecule is CC1OC=CC1(C)C(=O)Nc1nc2cc3c(cc2[nH]1)OC(F)(F)O3. The quantitative estimate of drug-likeness (QED) is 0.880. The molecule has 2 unspecified atom stereocenters. The number of nitrogens with zero attached hydrogens (tertiary/aromatic N) is 1. The van der Waals surface area contributed by atoms with Crippen LogP contribution in [0.4, 0.5) is 14.7 Å². The van der Waals surface area contributed by atoms with Crippen LogP contribution >= 0.6 is 0 Å². The lowest BCUT2D eigenvalue weighted by atomic mass is 9.85.